The van der Waals surface area contributed by atoms with Crippen LogP contribution in [0.3, 0.4) is 0 Å². The quantitative estimate of drug-likeness (QED) is 0.442. The molecule has 0 radical (unpaired) electrons. The molecule has 10 heavy (non-hydrogen) atoms. The second-order valence-corrected chi connectivity index (χ2v) is 2.58. The molecule has 2 aliphatic rings. The van der Waals surface area contributed by atoms with Crippen LogP contribution < -0.4 is 10.9 Å². The number of hydrogen-bond donors (Lipinski definition) is 3. The summed E-state index contributed by atoms with van der Waals surface area (Å²) >= 11 is 0. The summed E-state index contributed by atoms with van der Waals surface area (Å²) in [6.07, 6.45) is 5.44. The zero-order chi connectivity index (χ0) is 6.97. The lowest BCUT2D eigenvalue weighted by Crippen LogP contribution is -2.22. The maximum absolute atomic E-state index is 9.39. The molecule has 0 saturated carbocycles. The Balaban J connectivity index is 2.31. The molecular weight excluding hydrogens is 128 g/mol. The molecule has 0 spiro atoms. The van der Waals surface area contributed by atoms with Gasteiger partial charge in [-0.2, -0.15) is 0 Å². The lowest BCUT2D eigenvalue weighted by molar-refractivity contribution is 0.200. The van der Waals surface area contributed by atoms with Crippen LogP contribution in [0, 0.1) is 0 Å². The molecule has 0 amide bonds. The number of hydrogen-bond acceptors (Lipinski definition) is 3. The predicted octanol–water partition coefficient (Wildman–Crippen LogP) is 0.0167. The number of nitrogens with one attached hydrogen (secondary N) is 2. The molecule has 1 heterocycles. The first-order valence-corrected chi connectivity index (χ1v) is 3.48. The van der Waals surface area contributed by atoms with Crippen molar-refractivity contribution in [2.45, 2.75) is 18.9 Å². The smallest absolute Gasteiger partial charge is 0.0828 e. The second-order valence-electron chi connectivity index (χ2n) is 2.58. The first-order valence-electron chi connectivity index (χ1n) is 3.48. The average molecular weight is 138 g/mol. The molecule has 1 unspecified atom stereocenters. The van der Waals surface area contributed by atoms with E-state index in [1.165, 1.54) is 0 Å². The highest BCUT2D eigenvalue weighted by atomic mass is 16.3. The topological polar surface area (TPSA) is 44.3 Å². The summed E-state index contributed by atoms with van der Waals surface area (Å²) < 4.78 is 0. The Hall–Kier alpha value is -0.960. The fraction of sp³-hybridized carbons (Fsp3) is 0.429. The van der Waals surface area contributed by atoms with Gasteiger partial charge in [-0.25, -0.2) is 0 Å². The highest BCUT2D eigenvalue weighted by molar-refractivity contribution is 5.37. The Morgan fingerprint density at radius 2 is 2.50 bits per heavy atom. The first kappa shape index (κ1) is 5.80. The summed E-state index contributed by atoms with van der Waals surface area (Å²) in [5.74, 6) is 0. The molecule has 3 N–H and O–H groups in total. The van der Waals surface area contributed by atoms with E-state index in [2.05, 4.69) is 16.9 Å². The summed E-state index contributed by atoms with van der Waals surface area (Å²) in [4.78, 5) is 0. The van der Waals surface area contributed by atoms with Gasteiger partial charge in [0, 0.05) is 11.8 Å². The average Bonchev–Trinajstić information content (AvgIpc) is 2.36. The fourth-order valence-corrected chi connectivity index (χ4v) is 1.33. The number of allylic oxidation sites excluding steroid dienone is 1. The van der Waals surface area contributed by atoms with Gasteiger partial charge in [0.2, 0.25) is 0 Å². The van der Waals surface area contributed by atoms with Crippen molar-refractivity contribution in [3.05, 3.63) is 23.5 Å². The minimum absolute atomic E-state index is 0.275. The van der Waals surface area contributed by atoms with E-state index in [1.54, 1.807) is 0 Å². The van der Waals surface area contributed by atoms with Crippen molar-refractivity contribution in [1.82, 2.24) is 10.9 Å². The number of aliphatic hydroxyl groups is 1. The van der Waals surface area contributed by atoms with Crippen molar-refractivity contribution in [1.29, 1.82) is 0 Å². The highest BCUT2D eigenvalue weighted by Gasteiger charge is 2.21. The van der Waals surface area contributed by atoms with E-state index in [1.807, 2.05) is 6.20 Å². The van der Waals surface area contributed by atoms with E-state index in [-0.39, 0.29) is 6.10 Å². The van der Waals surface area contributed by atoms with Gasteiger partial charge in [0.25, 0.3) is 0 Å². The summed E-state index contributed by atoms with van der Waals surface area (Å²) in [5, 5.41) is 9.39. The van der Waals surface area contributed by atoms with E-state index < -0.39 is 0 Å². The molecule has 0 aromatic rings. The zero-order valence-corrected chi connectivity index (χ0v) is 5.59. The Kier molecular flexibility index (Phi) is 1.17. The van der Waals surface area contributed by atoms with Crippen LogP contribution >= 0.6 is 0 Å². The molecule has 0 aromatic carbocycles. The van der Waals surface area contributed by atoms with Crippen LogP contribution in [0.1, 0.15) is 12.8 Å². The first-order chi connectivity index (χ1) is 4.88. The molecular formula is C7H10N2O. The lowest BCUT2D eigenvalue weighted by Gasteiger charge is -2.16. The number of fused-ring (bicyclic) bond motifs is 1. The molecule has 3 nitrogen and oxygen atoms in total. The lowest BCUT2D eigenvalue weighted by atomic mass is 9.97. The highest BCUT2D eigenvalue weighted by Crippen LogP contribution is 2.23. The van der Waals surface area contributed by atoms with Gasteiger partial charge in [-0.1, -0.05) is 6.08 Å². The number of aliphatic hydroxyl groups excluding tert-OH is 1. The molecule has 1 aliphatic heterocycles. The molecule has 2 rings (SSSR count). The Labute approximate surface area is 59.4 Å². The SMILES string of the molecule is OC1CCC=C2NNC=C21. The van der Waals surface area contributed by atoms with Crippen molar-refractivity contribution >= 4 is 0 Å². The standard InChI is InChI=1S/C7H10N2O/c10-7-3-1-2-6-5(7)4-8-9-6/h2,4,7-10H,1,3H2. The zero-order valence-electron chi connectivity index (χ0n) is 5.59. The van der Waals surface area contributed by atoms with Crippen LogP contribution in [0.4, 0.5) is 0 Å². The van der Waals surface area contributed by atoms with Crippen molar-refractivity contribution in [2.75, 3.05) is 0 Å². The van der Waals surface area contributed by atoms with Gasteiger partial charge in [-0.05, 0) is 12.8 Å². The fourth-order valence-electron chi connectivity index (χ4n) is 1.33. The van der Waals surface area contributed by atoms with Gasteiger partial charge >= 0.3 is 0 Å². The van der Waals surface area contributed by atoms with Gasteiger partial charge in [0.05, 0.1) is 11.8 Å². The normalized spacial score (nSPS) is 29.5. The van der Waals surface area contributed by atoms with Crippen molar-refractivity contribution in [3.63, 3.8) is 0 Å². The third-order valence-electron chi connectivity index (χ3n) is 1.89. The van der Waals surface area contributed by atoms with Gasteiger partial charge < -0.3 is 16.0 Å². The molecule has 0 saturated heterocycles. The van der Waals surface area contributed by atoms with Gasteiger partial charge in [-0.15, -0.1) is 0 Å². The minimum Gasteiger partial charge on any atom is -0.388 e. The molecule has 0 aromatic heterocycles. The monoisotopic (exact) mass is 138 g/mol. The summed E-state index contributed by atoms with van der Waals surface area (Å²) in [6.45, 7) is 0. The Morgan fingerprint density at radius 1 is 1.60 bits per heavy atom. The largest absolute Gasteiger partial charge is 0.388 e. The second kappa shape index (κ2) is 2.02. The van der Waals surface area contributed by atoms with Crippen LogP contribution in [-0.2, 0) is 0 Å². The van der Waals surface area contributed by atoms with Gasteiger partial charge in [-0.3, -0.25) is 0 Å². The van der Waals surface area contributed by atoms with E-state index in [0.717, 1.165) is 24.1 Å². The maximum Gasteiger partial charge on any atom is 0.0828 e. The predicted molar refractivity (Wildman–Crippen MR) is 37.7 cm³/mol. The summed E-state index contributed by atoms with van der Waals surface area (Å²) in [7, 11) is 0. The third kappa shape index (κ3) is 0.708. The molecule has 54 valence electrons. The van der Waals surface area contributed by atoms with Gasteiger partial charge in [0.15, 0.2) is 0 Å². The van der Waals surface area contributed by atoms with Crippen LogP contribution in [0.25, 0.3) is 0 Å². The van der Waals surface area contributed by atoms with E-state index in [0.29, 0.717) is 0 Å². The van der Waals surface area contributed by atoms with E-state index in [9.17, 15) is 5.11 Å². The summed E-state index contributed by atoms with van der Waals surface area (Å²) in [5.41, 5.74) is 7.83. The third-order valence-corrected chi connectivity index (χ3v) is 1.89. The van der Waals surface area contributed by atoms with E-state index >= 15 is 0 Å². The molecule has 1 aliphatic carbocycles. The molecule has 0 fully saturated rings. The Morgan fingerprint density at radius 3 is 3.30 bits per heavy atom. The number of rotatable bonds is 0. The van der Waals surface area contributed by atoms with Crippen molar-refractivity contribution in [2.24, 2.45) is 0 Å². The van der Waals surface area contributed by atoms with Crippen LogP contribution in [0.15, 0.2) is 23.5 Å². The van der Waals surface area contributed by atoms with Crippen LogP contribution in [0.5, 0.6) is 0 Å². The molecule has 1 atom stereocenters. The molecule has 3 heteroatoms. The Bertz CT molecular complexity index is 208. The van der Waals surface area contributed by atoms with Gasteiger partial charge in [0.1, 0.15) is 0 Å². The van der Waals surface area contributed by atoms with E-state index in [4.69, 9.17) is 0 Å². The van der Waals surface area contributed by atoms with Crippen molar-refractivity contribution < 1.29 is 5.11 Å². The molecule has 0 bridgehead atoms. The number of hydrazine groups is 1. The van der Waals surface area contributed by atoms with Crippen LogP contribution in [0.2, 0.25) is 0 Å². The van der Waals surface area contributed by atoms with Crippen molar-refractivity contribution in [3.8, 4) is 0 Å². The summed E-state index contributed by atoms with van der Waals surface area (Å²) in [6, 6.07) is 0. The minimum atomic E-state index is -0.275. The maximum atomic E-state index is 9.39. The van der Waals surface area contributed by atoms with Crippen LogP contribution in [-0.4, -0.2) is 11.2 Å².